The number of benzene rings is 2. The molecule has 2 aromatic rings. The van der Waals surface area contributed by atoms with Crippen LogP contribution in [0.5, 0.6) is 11.5 Å². The summed E-state index contributed by atoms with van der Waals surface area (Å²) in [6.07, 6.45) is 2.92. The summed E-state index contributed by atoms with van der Waals surface area (Å²) in [5.74, 6) is 2.13. The third-order valence-corrected chi connectivity index (χ3v) is 7.83. The third-order valence-electron chi connectivity index (χ3n) is 7.83. The molecule has 35 heavy (non-hydrogen) atoms. The average Bonchev–Trinajstić information content (AvgIpc) is 3.07. The summed E-state index contributed by atoms with van der Waals surface area (Å²) in [4.78, 5) is 15.4. The lowest BCUT2D eigenvalue weighted by Crippen LogP contribution is -2.53. The number of carbonyl (C=O) groups excluding carboxylic acids is 1. The van der Waals surface area contributed by atoms with Gasteiger partial charge >= 0.3 is 6.09 Å². The number of fused-ring (bicyclic) bond motifs is 4. The number of alkyl carbamates (subject to hydrolysis) is 1. The largest absolute Gasteiger partial charge is 0.496 e. The van der Waals surface area contributed by atoms with Crippen LogP contribution in [0.4, 0.5) is 4.79 Å². The van der Waals surface area contributed by atoms with Crippen molar-refractivity contribution in [3.63, 3.8) is 0 Å². The molecule has 1 N–H and O–H groups in total. The van der Waals surface area contributed by atoms with Crippen LogP contribution in [-0.4, -0.2) is 49.9 Å². The highest BCUT2D eigenvalue weighted by atomic mass is 16.6. The molecular weight excluding hydrogens is 440 g/mol. The number of ether oxygens (including phenoxy) is 3. The lowest BCUT2D eigenvalue weighted by molar-refractivity contribution is -0.0349. The Hall–Kier alpha value is -2.73. The van der Waals surface area contributed by atoms with Crippen LogP contribution in [0.3, 0.4) is 0 Å². The first kappa shape index (κ1) is 24.0. The first-order chi connectivity index (χ1) is 16.7. The monoisotopic (exact) mass is 478 g/mol. The van der Waals surface area contributed by atoms with Crippen LogP contribution in [0.1, 0.15) is 57.7 Å². The van der Waals surface area contributed by atoms with Crippen LogP contribution >= 0.6 is 0 Å². The zero-order valence-electron chi connectivity index (χ0n) is 21.6. The molecule has 3 heterocycles. The van der Waals surface area contributed by atoms with Gasteiger partial charge in [0.2, 0.25) is 0 Å². The number of rotatable bonds is 6. The first-order valence-corrected chi connectivity index (χ1v) is 12.9. The summed E-state index contributed by atoms with van der Waals surface area (Å²) in [6.45, 7) is 11.6. The number of hydrogen-bond donors (Lipinski definition) is 1. The number of amides is 1. The van der Waals surface area contributed by atoms with Gasteiger partial charge in [-0.2, -0.15) is 0 Å². The average molecular weight is 479 g/mol. The van der Waals surface area contributed by atoms with E-state index >= 15 is 0 Å². The molecule has 0 radical (unpaired) electrons. The molecule has 3 saturated heterocycles. The van der Waals surface area contributed by atoms with E-state index in [2.05, 4.69) is 48.3 Å². The van der Waals surface area contributed by atoms with Crippen molar-refractivity contribution in [1.29, 1.82) is 0 Å². The van der Waals surface area contributed by atoms with Crippen molar-refractivity contribution in [3.05, 3.63) is 47.5 Å². The second kappa shape index (κ2) is 9.38. The summed E-state index contributed by atoms with van der Waals surface area (Å²) >= 11 is 0. The third kappa shape index (κ3) is 4.86. The number of nitrogens with zero attached hydrogens (tertiary/aromatic N) is 1. The minimum Gasteiger partial charge on any atom is -0.496 e. The minimum atomic E-state index is -0.309. The Balaban J connectivity index is 1.39. The Bertz CT molecular complexity index is 1090. The predicted octanol–water partition coefficient (Wildman–Crippen LogP) is 5.59. The highest BCUT2D eigenvalue weighted by molar-refractivity contribution is 5.75. The van der Waals surface area contributed by atoms with Gasteiger partial charge in [0.15, 0.2) is 0 Å². The van der Waals surface area contributed by atoms with Gasteiger partial charge in [0, 0.05) is 12.1 Å². The fraction of sp³-hybridized carbons (Fsp3) is 0.552. The standard InChI is InChI=1S/C29H38N2O4/c1-18(2)34-22-8-6-7-20(13-22)23-14-21-16-29(3,4)27(24(21)15-25(23)33-5)30-28(32)35-26-17-31-11-9-19(26)10-12-31/h6-8,13-15,18-19,26-27H,9-12,16-17H2,1-5H3,(H,30,32)/t26-,27?/m0/s1. The van der Waals surface area contributed by atoms with E-state index < -0.39 is 0 Å². The van der Waals surface area contributed by atoms with Gasteiger partial charge in [-0.25, -0.2) is 4.79 Å². The number of nitrogens with one attached hydrogen (secondary N) is 1. The normalized spacial score (nSPS) is 26.3. The Morgan fingerprint density at radius 3 is 2.57 bits per heavy atom. The summed E-state index contributed by atoms with van der Waals surface area (Å²) in [6, 6.07) is 12.3. The van der Waals surface area contributed by atoms with Crippen molar-refractivity contribution in [2.24, 2.45) is 11.3 Å². The molecule has 3 fully saturated rings. The molecule has 1 unspecified atom stereocenters. The SMILES string of the molecule is COc1cc2c(cc1-c1cccc(OC(C)C)c1)CC(C)(C)C2NC(=O)O[C@H]1CN2CCC1CC2. The topological polar surface area (TPSA) is 60.0 Å². The van der Waals surface area contributed by atoms with E-state index in [1.807, 2.05) is 26.0 Å². The molecule has 4 aliphatic rings. The Morgan fingerprint density at radius 2 is 1.91 bits per heavy atom. The molecule has 6 heteroatoms. The molecule has 188 valence electrons. The van der Waals surface area contributed by atoms with E-state index in [1.165, 1.54) is 5.56 Å². The minimum absolute atomic E-state index is 0.00117. The van der Waals surface area contributed by atoms with E-state index in [0.29, 0.717) is 5.92 Å². The molecule has 1 amide bonds. The van der Waals surface area contributed by atoms with Crippen molar-refractivity contribution in [2.45, 2.75) is 65.2 Å². The van der Waals surface area contributed by atoms with E-state index in [0.717, 1.165) is 67.1 Å². The lowest BCUT2D eigenvalue weighted by Gasteiger charge is -2.44. The zero-order valence-corrected chi connectivity index (χ0v) is 21.6. The van der Waals surface area contributed by atoms with Gasteiger partial charge in [-0.15, -0.1) is 0 Å². The van der Waals surface area contributed by atoms with E-state index in [9.17, 15) is 4.79 Å². The molecule has 3 aliphatic heterocycles. The molecule has 2 atom stereocenters. The van der Waals surface area contributed by atoms with Crippen LogP contribution in [0.25, 0.3) is 11.1 Å². The Kier molecular flexibility index (Phi) is 6.43. The van der Waals surface area contributed by atoms with Crippen molar-refractivity contribution in [2.75, 3.05) is 26.7 Å². The van der Waals surface area contributed by atoms with Gasteiger partial charge in [-0.1, -0.05) is 26.0 Å². The van der Waals surface area contributed by atoms with Crippen molar-refractivity contribution in [3.8, 4) is 22.6 Å². The fourth-order valence-electron chi connectivity index (χ4n) is 6.09. The molecule has 0 saturated carbocycles. The van der Waals surface area contributed by atoms with Gasteiger partial charge in [0.05, 0.1) is 19.3 Å². The Morgan fingerprint density at radius 1 is 1.14 bits per heavy atom. The molecule has 1 aliphatic carbocycles. The van der Waals surface area contributed by atoms with Crippen LogP contribution in [0.2, 0.25) is 0 Å². The maximum Gasteiger partial charge on any atom is 0.407 e. The fourth-order valence-corrected chi connectivity index (χ4v) is 6.09. The number of carbonyl (C=O) groups is 1. The van der Waals surface area contributed by atoms with Gasteiger partial charge in [0.1, 0.15) is 17.6 Å². The van der Waals surface area contributed by atoms with Gasteiger partial charge in [-0.3, -0.25) is 4.90 Å². The molecular formula is C29H38N2O4. The molecule has 6 rings (SSSR count). The summed E-state index contributed by atoms with van der Waals surface area (Å²) in [5.41, 5.74) is 4.29. The van der Waals surface area contributed by atoms with Gasteiger partial charge < -0.3 is 19.5 Å². The number of piperidine rings is 3. The second-order valence-corrected chi connectivity index (χ2v) is 11.3. The number of hydrogen-bond acceptors (Lipinski definition) is 5. The summed E-state index contributed by atoms with van der Waals surface area (Å²) in [5, 5.41) is 3.22. The van der Waals surface area contributed by atoms with Crippen LogP contribution in [-0.2, 0) is 11.2 Å². The van der Waals surface area contributed by atoms with Crippen LogP contribution in [0, 0.1) is 11.3 Å². The van der Waals surface area contributed by atoms with Crippen molar-refractivity contribution >= 4 is 6.09 Å². The lowest BCUT2D eigenvalue weighted by atomic mass is 9.85. The molecule has 2 aromatic carbocycles. The van der Waals surface area contributed by atoms with Crippen molar-refractivity contribution in [1.82, 2.24) is 10.2 Å². The highest BCUT2D eigenvalue weighted by Crippen LogP contribution is 2.49. The first-order valence-electron chi connectivity index (χ1n) is 12.9. The van der Waals surface area contributed by atoms with Crippen molar-refractivity contribution < 1.29 is 19.0 Å². The second-order valence-electron chi connectivity index (χ2n) is 11.3. The highest BCUT2D eigenvalue weighted by Gasteiger charge is 2.42. The van der Waals surface area contributed by atoms with E-state index in [1.54, 1.807) is 7.11 Å². The van der Waals surface area contributed by atoms with E-state index in [4.69, 9.17) is 14.2 Å². The summed E-state index contributed by atoms with van der Waals surface area (Å²) < 4.78 is 17.7. The van der Waals surface area contributed by atoms with E-state index in [-0.39, 0.29) is 29.8 Å². The molecule has 0 spiro atoms. The quantitative estimate of drug-likeness (QED) is 0.586. The predicted molar refractivity (Wildman–Crippen MR) is 137 cm³/mol. The molecule has 6 nitrogen and oxygen atoms in total. The smallest absolute Gasteiger partial charge is 0.407 e. The van der Waals surface area contributed by atoms with Gasteiger partial charge in [0.25, 0.3) is 0 Å². The maximum atomic E-state index is 13.0. The zero-order chi connectivity index (χ0) is 24.7. The summed E-state index contributed by atoms with van der Waals surface area (Å²) in [7, 11) is 1.70. The van der Waals surface area contributed by atoms with Gasteiger partial charge in [-0.05, 0) is 98.5 Å². The number of methoxy groups -OCH3 is 1. The van der Waals surface area contributed by atoms with Crippen LogP contribution in [0.15, 0.2) is 36.4 Å². The Labute approximate surface area is 208 Å². The molecule has 0 aromatic heterocycles. The molecule has 2 bridgehead atoms. The maximum absolute atomic E-state index is 13.0. The van der Waals surface area contributed by atoms with Crippen LogP contribution < -0.4 is 14.8 Å².